The van der Waals surface area contributed by atoms with Crippen molar-refractivity contribution in [2.45, 2.75) is 30.5 Å². The maximum Gasteiger partial charge on any atom is 0.257 e. The quantitative estimate of drug-likeness (QED) is 0.348. The highest BCUT2D eigenvalue weighted by atomic mass is 32.2. The number of thioether (sulfide) groups is 1. The number of carbonyl (C=O) groups excluding carboxylic acids is 2. The SMILES string of the molecule is CCCCc1ccc(NC(=O)CSc2nnc(NC(=O)c3ccc4c(c3)OCO4)s2)cc1. The maximum absolute atomic E-state index is 12.4. The fraction of sp³-hybridized carbons (Fsp3) is 0.273. The second-order valence-electron chi connectivity index (χ2n) is 7.03. The molecule has 3 aromatic rings. The summed E-state index contributed by atoms with van der Waals surface area (Å²) in [5.41, 5.74) is 2.46. The summed E-state index contributed by atoms with van der Waals surface area (Å²) in [6.45, 7) is 2.32. The number of aromatic nitrogens is 2. The van der Waals surface area contributed by atoms with Crippen molar-refractivity contribution < 1.29 is 19.1 Å². The smallest absolute Gasteiger partial charge is 0.257 e. The Kier molecular flexibility index (Phi) is 7.23. The van der Waals surface area contributed by atoms with E-state index in [9.17, 15) is 9.59 Å². The molecular weight excluding hydrogens is 448 g/mol. The van der Waals surface area contributed by atoms with E-state index in [4.69, 9.17) is 9.47 Å². The molecule has 0 saturated heterocycles. The second kappa shape index (κ2) is 10.5. The van der Waals surface area contributed by atoms with Gasteiger partial charge in [-0.3, -0.25) is 14.9 Å². The van der Waals surface area contributed by atoms with E-state index < -0.39 is 0 Å². The summed E-state index contributed by atoms with van der Waals surface area (Å²) < 4.78 is 11.1. The minimum absolute atomic E-state index is 0.127. The molecule has 0 aliphatic carbocycles. The molecular formula is C22H22N4O4S2. The number of nitrogens with zero attached hydrogens (tertiary/aromatic N) is 2. The molecule has 0 atom stereocenters. The number of anilines is 2. The van der Waals surface area contributed by atoms with Crippen molar-refractivity contribution in [2.24, 2.45) is 0 Å². The molecule has 0 radical (unpaired) electrons. The molecule has 8 nitrogen and oxygen atoms in total. The average molecular weight is 471 g/mol. The van der Waals surface area contributed by atoms with Gasteiger partial charge in [-0.15, -0.1) is 10.2 Å². The molecule has 1 aromatic heterocycles. The van der Waals surface area contributed by atoms with Crippen LogP contribution in [0.4, 0.5) is 10.8 Å². The molecule has 0 saturated carbocycles. The maximum atomic E-state index is 12.4. The van der Waals surface area contributed by atoms with Crippen molar-refractivity contribution in [1.82, 2.24) is 10.2 Å². The highest BCUT2D eigenvalue weighted by Gasteiger charge is 2.17. The van der Waals surface area contributed by atoms with Crippen LogP contribution in [0.2, 0.25) is 0 Å². The van der Waals surface area contributed by atoms with Crippen molar-refractivity contribution >= 4 is 45.7 Å². The van der Waals surface area contributed by atoms with Crippen LogP contribution < -0.4 is 20.1 Å². The lowest BCUT2D eigenvalue weighted by Crippen LogP contribution is -2.13. The van der Waals surface area contributed by atoms with Gasteiger partial charge in [0.15, 0.2) is 15.8 Å². The van der Waals surface area contributed by atoms with Crippen LogP contribution in [0.5, 0.6) is 11.5 Å². The number of aryl methyl sites for hydroxylation is 1. The summed E-state index contributed by atoms with van der Waals surface area (Å²) in [6.07, 6.45) is 3.36. The molecule has 4 rings (SSSR count). The van der Waals surface area contributed by atoms with E-state index >= 15 is 0 Å². The van der Waals surface area contributed by atoms with Gasteiger partial charge >= 0.3 is 0 Å². The van der Waals surface area contributed by atoms with Gasteiger partial charge in [0.05, 0.1) is 5.75 Å². The fourth-order valence-corrected chi connectivity index (χ4v) is 4.53. The van der Waals surface area contributed by atoms with Gasteiger partial charge in [-0.1, -0.05) is 48.6 Å². The van der Waals surface area contributed by atoms with Crippen molar-refractivity contribution in [3.8, 4) is 11.5 Å². The molecule has 1 aliphatic heterocycles. The van der Waals surface area contributed by atoms with Crippen LogP contribution in [0.25, 0.3) is 0 Å². The Morgan fingerprint density at radius 1 is 1.06 bits per heavy atom. The Hall–Kier alpha value is -3.11. The van der Waals surface area contributed by atoms with Crippen LogP contribution >= 0.6 is 23.1 Å². The fourth-order valence-electron chi connectivity index (χ4n) is 2.99. The molecule has 0 bridgehead atoms. The van der Waals surface area contributed by atoms with E-state index in [-0.39, 0.29) is 24.4 Å². The molecule has 0 fully saturated rings. The number of unbranched alkanes of at least 4 members (excludes halogenated alkanes) is 1. The standard InChI is InChI=1S/C22H22N4O4S2/c1-2-3-4-14-5-8-16(9-6-14)23-19(27)12-31-22-26-25-21(32-22)24-20(28)15-7-10-17-18(11-15)30-13-29-17/h5-11H,2-4,12-13H2,1H3,(H,23,27)(H,24,25,28). The Bertz CT molecular complexity index is 1100. The summed E-state index contributed by atoms with van der Waals surface area (Å²) >= 11 is 2.48. The lowest BCUT2D eigenvalue weighted by Gasteiger charge is -2.06. The van der Waals surface area contributed by atoms with Crippen LogP contribution in [-0.4, -0.2) is 34.6 Å². The summed E-state index contributed by atoms with van der Waals surface area (Å²) in [4.78, 5) is 24.7. The van der Waals surface area contributed by atoms with E-state index in [0.29, 0.717) is 26.5 Å². The van der Waals surface area contributed by atoms with Crippen LogP contribution in [0.15, 0.2) is 46.8 Å². The Morgan fingerprint density at radius 3 is 2.69 bits per heavy atom. The second-order valence-corrected chi connectivity index (χ2v) is 9.23. The minimum atomic E-state index is -0.323. The van der Waals surface area contributed by atoms with Gasteiger partial charge in [-0.05, 0) is 48.7 Å². The zero-order valence-electron chi connectivity index (χ0n) is 17.4. The number of nitrogens with one attached hydrogen (secondary N) is 2. The first-order valence-corrected chi connectivity index (χ1v) is 12.0. The minimum Gasteiger partial charge on any atom is -0.454 e. The molecule has 2 amide bonds. The van der Waals surface area contributed by atoms with Gasteiger partial charge in [0, 0.05) is 11.3 Å². The molecule has 0 spiro atoms. The van der Waals surface area contributed by atoms with Crippen LogP contribution in [-0.2, 0) is 11.2 Å². The zero-order valence-corrected chi connectivity index (χ0v) is 19.1. The highest BCUT2D eigenvalue weighted by molar-refractivity contribution is 8.01. The van der Waals surface area contributed by atoms with Crippen molar-refractivity contribution in [3.05, 3.63) is 53.6 Å². The van der Waals surface area contributed by atoms with Gasteiger partial charge < -0.3 is 14.8 Å². The lowest BCUT2D eigenvalue weighted by molar-refractivity contribution is -0.113. The van der Waals surface area contributed by atoms with E-state index in [0.717, 1.165) is 24.9 Å². The van der Waals surface area contributed by atoms with Crippen LogP contribution in [0.3, 0.4) is 0 Å². The summed E-state index contributed by atoms with van der Waals surface area (Å²) in [5.74, 6) is 0.894. The molecule has 0 unspecified atom stereocenters. The van der Waals surface area contributed by atoms with Gasteiger partial charge in [0.25, 0.3) is 5.91 Å². The number of amides is 2. The van der Waals surface area contributed by atoms with Crippen molar-refractivity contribution in [3.63, 3.8) is 0 Å². The number of benzene rings is 2. The topological polar surface area (TPSA) is 102 Å². The summed E-state index contributed by atoms with van der Waals surface area (Å²) in [7, 11) is 0. The number of ether oxygens (including phenoxy) is 2. The van der Waals surface area contributed by atoms with E-state index in [1.807, 2.05) is 24.3 Å². The lowest BCUT2D eigenvalue weighted by atomic mass is 10.1. The Morgan fingerprint density at radius 2 is 1.88 bits per heavy atom. The first-order valence-electron chi connectivity index (χ1n) is 10.2. The third-order valence-electron chi connectivity index (χ3n) is 4.65. The third-order valence-corrected chi connectivity index (χ3v) is 6.62. The van der Waals surface area contributed by atoms with Gasteiger partial charge in [-0.2, -0.15) is 0 Å². The van der Waals surface area contributed by atoms with Crippen molar-refractivity contribution in [2.75, 3.05) is 23.2 Å². The van der Waals surface area contributed by atoms with E-state index in [1.165, 1.54) is 28.7 Å². The summed E-state index contributed by atoms with van der Waals surface area (Å²) in [5, 5.41) is 14.0. The molecule has 166 valence electrons. The first kappa shape index (κ1) is 22.1. The molecule has 32 heavy (non-hydrogen) atoms. The number of hydrogen-bond acceptors (Lipinski definition) is 8. The Labute approximate surface area is 193 Å². The number of fused-ring (bicyclic) bond motifs is 1. The van der Waals surface area contributed by atoms with E-state index in [2.05, 4.69) is 27.8 Å². The monoisotopic (exact) mass is 470 g/mol. The molecule has 1 aliphatic rings. The van der Waals surface area contributed by atoms with E-state index in [1.54, 1.807) is 18.2 Å². The van der Waals surface area contributed by atoms with Gasteiger partial charge in [0.2, 0.25) is 17.8 Å². The molecule has 2 aromatic carbocycles. The Balaban J connectivity index is 1.25. The number of carbonyl (C=O) groups is 2. The van der Waals surface area contributed by atoms with Gasteiger partial charge in [-0.25, -0.2) is 0 Å². The van der Waals surface area contributed by atoms with Crippen LogP contribution in [0, 0.1) is 0 Å². The largest absolute Gasteiger partial charge is 0.454 e. The number of hydrogen-bond donors (Lipinski definition) is 2. The highest BCUT2D eigenvalue weighted by Crippen LogP contribution is 2.33. The number of rotatable bonds is 9. The predicted octanol–water partition coefficient (Wildman–Crippen LogP) is 4.59. The third kappa shape index (κ3) is 5.77. The molecule has 2 N–H and O–H groups in total. The average Bonchev–Trinajstić information content (AvgIpc) is 3.46. The molecule has 2 heterocycles. The molecule has 10 heteroatoms. The first-order chi connectivity index (χ1) is 15.6. The predicted molar refractivity (Wildman–Crippen MR) is 125 cm³/mol. The van der Waals surface area contributed by atoms with Crippen molar-refractivity contribution in [1.29, 1.82) is 0 Å². The summed E-state index contributed by atoms with van der Waals surface area (Å²) in [6, 6.07) is 12.9. The van der Waals surface area contributed by atoms with Crippen LogP contribution in [0.1, 0.15) is 35.7 Å². The normalized spacial score (nSPS) is 11.9. The van der Waals surface area contributed by atoms with Gasteiger partial charge in [0.1, 0.15) is 0 Å². The zero-order chi connectivity index (χ0) is 22.3.